The molecule has 2 amide bonds. The SMILES string of the molecule is COC(CNC(=O)C1CC(=O)N(c2ccc3c(c2)OCO3)C1)OC. The van der Waals surface area contributed by atoms with Crippen LogP contribution in [0, 0.1) is 5.92 Å². The van der Waals surface area contributed by atoms with Crippen molar-refractivity contribution in [3.05, 3.63) is 18.2 Å². The van der Waals surface area contributed by atoms with Gasteiger partial charge in [-0.1, -0.05) is 0 Å². The van der Waals surface area contributed by atoms with Crippen molar-refractivity contribution in [2.45, 2.75) is 12.7 Å². The molecule has 1 fully saturated rings. The minimum atomic E-state index is -0.504. The Balaban J connectivity index is 1.62. The van der Waals surface area contributed by atoms with Crippen molar-refractivity contribution in [1.29, 1.82) is 0 Å². The number of nitrogens with zero attached hydrogens (tertiary/aromatic N) is 1. The summed E-state index contributed by atoms with van der Waals surface area (Å²) in [5.74, 6) is 0.577. The molecule has 1 aromatic carbocycles. The molecule has 1 saturated heterocycles. The maximum Gasteiger partial charge on any atom is 0.231 e. The fourth-order valence-corrected chi connectivity index (χ4v) is 2.78. The zero-order valence-corrected chi connectivity index (χ0v) is 13.6. The molecule has 0 bridgehead atoms. The number of rotatable bonds is 6. The minimum absolute atomic E-state index is 0.0935. The number of nitrogens with one attached hydrogen (secondary N) is 1. The molecule has 0 spiro atoms. The van der Waals surface area contributed by atoms with Gasteiger partial charge < -0.3 is 29.2 Å². The van der Waals surface area contributed by atoms with Crippen LogP contribution in [-0.2, 0) is 19.1 Å². The maximum absolute atomic E-state index is 12.3. The number of hydrogen-bond acceptors (Lipinski definition) is 6. The van der Waals surface area contributed by atoms with E-state index >= 15 is 0 Å². The van der Waals surface area contributed by atoms with Crippen molar-refractivity contribution in [3.63, 3.8) is 0 Å². The Labute approximate surface area is 139 Å². The molecule has 3 rings (SSSR count). The number of methoxy groups -OCH3 is 2. The standard InChI is InChI=1S/C16H20N2O6/c1-21-15(22-2)7-17-16(20)10-5-14(19)18(8-10)11-3-4-12-13(6-11)24-9-23-12/h3-4,6,10,15H,5,7-9H2,1-2H3,(H,17,20). The second-order valence-electron chi connectivity index (χ2n) is 5.59. The number of carbonyl (C=O) groups excluding carboxylic acids is 2. The normalized spacial score (nSPS) is 19.2. The van der Waals surface area contributed by atoms with Crippen molar-refractivity contribution in [2.24, 2.45) is 5.92 Å². The van der Waals surface area contributed by atoms with Gasteiger partial charge in [0.05, 0.1) is 12.5 Å². The van der Waals surface area contributed by atoms with Crippen LogP contribution in [0.1, 0.15) is 6.42 Å². The van der Waals surface area contributed by atoms with E-state index < -0.39 is 12.2 Å². The summed E-state index contributed by atoms with van der Waals surface area (Å²) in [5, 5.41) is 2.75. The molecule has 130 valence electrons. The zero-order valence-electron chi connectivity index (χ0n) is 13.6. The van der Waals surface area contributed by atoms with Gasteiger partial charge in [0.15, 0.2) is 17.8 Å². The van der Waals surface area contributed by atoms with E-state index in [0.29, 0.717) is 23.7 Å². The summed E-state index contributed by atoms with van der Waals surface area (Å²) in [4.78, 5) is 26.1. The number of ether oxygens (including phenoxy) is 4. The summed E-state index contributed by atoms with van der Waals surface area (Å²) >= 11 is 0. The summed E-state index contributed by atoms with van der Waals surface area (Å²) in [6.45, 7) is 0.743. The predicted molar refractivity (Wildman–Crippen MR) is 83.8 cm³/mol. The second-order valence-corrected chi connectivity index (χ2v) is 5.59. The molecule has 8 heteroatoms. The summed E-state index contributed by atoms with van der Waals surface area (Å²) in [7, 11) is 3.00. The molecule has 24 heavy (non-hydrogen) atoms. The smallest absolute Gasteiger partial charge is 0.231 e. The van der Waals surface area contributed by atoms with Gasteiger partial charge in [0.1, 0.15) is 0 Å². The van der Waals surface area contributed by atoms with E-state index in [0.717, 1.165) is 0 Å². The van der Waals surface area contributed by atoms with Crippen molar-refractivity contribution < 1.29 is 28.5 Å². The quantitative estimate of drug-likeness (QED) is 0.762. The minimum Gasteiger partial charge on any atom is -0.454 e. The average molecular weight is 336 g/mol. The largest absolute Gasteiger partial charge is 0.454 e. The van der Waals surface area contributed by atoms with Crippen LogP contribution in [0.4, 0.5) is 5.69 Å². The Kier molecular flexibility index (Phi) is 4.86. The Morgan fingerprint density at radius 1 is 1.33 bits per heavy atom. The molecule has 2 aliphatic heterocycles. The molecular weight excluding hydrogens is 316 g/mol. The van der Waals surface area contributed by atoms with Crippen molar-refractivity contribution in [2.75, 3.05) is 39.0 Å². The van der Waals surface area contributed by atoms with Crippen LogP contribution in [0.2, 0.25) is 0 Å². The van der Waals surface area contributed by atoms with Gasteiger partial charge in [-0.05, 0) is 12.1 Å². The summed E-state index contributed by atoms with van der Waals surface area (Å²) in [5.41, 5.74) is 0.700. The lowest BCUT2D eigenvalue weighted by atomic mass is 10.1. The van der Waals surface area contributed by atoms with Gasteiger partial charge in [0.2, 0.25) is 18.6 Å². The first-order valence-corrected chi connectivity index (χ1v) is 7.65. The lowest BCUT2D eigenvalue weighted by molar-refractivity contribution is -0.131. The lowest BCUT2D eigenvalue weighted by Gasteiger charge is -2.18. The van der Waals surface area contributed by atoms with E-state index in [2.05, 4.69) is 5.32 Å². The number of benzene rings is 1. The van der Waals surface area contributed by atoms with E-state index in [1.165, 1.54) is 14.2 Å². The molecule has 1 aromatic rings. The third-order valence-corrected chi connectivity index (χ3v) is 4.13. The first-order chi connectivity index (χ1) is 11.6. The zero-order chi connectivity index (χ0) is 17.1. The van der Waals surface area contributed by atoms with Gasteiger partial charge >= 0.3 is 0 Å². The highest BCUT2D eigenvalue weighted by Crippen LogP contribution is 2.37. The number of amides is 2. The highest BCUT2D eigenvalue weighted by Gasteiger charge is 2.35. The number of fused-ring (bicyclic) bond motifs is 1. The Morgan fingerprint density at radius 2 is 2.08 bits per heavy atom. The van der Waals surface area contributed by atoms with Gasteiger partial charge in [0.25, 0.3) is 0 Å². The first-order valence-electron chi connectivity index (χ1n) is 7.65. The third-order valence-electron chi connectivity index (χ3n) is 4.13. The van der Waals surface area contributed by atoms with Crippen LogP contribution in [0.15, 0.2) is 18.2 Å². The topological polar surface area (TPSA) is 86.3 Å². The molecule has 2 aliphatic rings. The van der Waals surface area contributed by atoms with Crippen LogP contribution in [0.25, 0.3) is 0 Å². The molecule has 2 heterocycles. The molecular formula is C16H20N2O6. The Hall–Kier alpha value is -2.32. The van der Waals surface area contributed by atoms with Crippen LogP contribution < -0.4 is 19.7 Å². The molecule has 0 aromatic heterocycles. The molecule has 1 unspecified atom stereocenters. The van der Waals surface area contributed by atoms with Gasteiger partial charge in [0, 0.05) is 38.9 Å². The molecule has 8 nitrogen and oxygen atoms in total. The van der Waals surface area contributed by atoms with E-state index in [9.17, 15) is 9.59 Å². The van der Waals surface area contributed by atoms with Crippen molar-refractivity contribution in [3.8, 4) is 11.5 Å². The Bertz CT molecular complexity index is 631. The van der Waals surface area contributed by atoms with E-state index in [1.54, 1.807) is 23.1 Å². The van der Waals surface area contributed by atoms with E-state index in [1.807, 2.05) is 0 Å². The summed E-state index contributed by atoms with van der Waals surface area (Å²) < 4.78 is 20.6. The van der Waals surface area contributed by atoms with E-state index in [4.69, 9.17) is 18.9 Å². The molecule has 1 N–H and O–H groups in total. The Morgan fingerprint density at radius 3 is 2.83 bits per heavy atom. The van der Waals surface area contributed by atoms with Crippen molar-refractivity contribution in [1.82, 2.24) is 5.32 Å². The number of anilines is 1. The number of carbonyl (C=O) groups is 2. The maximum atomic E-state index is 12.3. The fourth-order valence-electron chi connectivity index (χ4n) is 2.78. The van der Waals surface area contributed by atoms with Crippen LogP contribution in [0.5, 0.6) is 11.5 Å². The molecule has 0 saturated carbocycles. The first kappa shape index (κ1) is 16.5. The summed E-state index contributed by atoms with van der Waals surface area (Å²) in [6.07, 6.45) is -0.332. The third kappa shape index (κ3) is 3.29. The average Bonchev–Trinajstić information content (AvgIpc) is 3.21. The van der Waals surface area contributed by atoms with Gasteiger partial charge in [-0.3, -0.25) is 9.59 Å². The van der Waals surface area contributed by atoms with Crippen LogP contribution in [-0.4, -0.2) is 52.2 Å². The van der Waals surface area contributed by atoms with Gasteiger partial charge in [-0.15, -0.1) is 0 Å². The van der Waals surface area contributed by atoms with Crippen LogP contribution in [0.3, 0.4) is 0 Å². The van der Waals surface area contributed by atoms with Gasteiger partial charge in [-0.2, -0.15) is 0 Å². The fraction of sp³-hybridized carbons (Fsp3) is 0.500. The number of hydrogen-bond donors (Lipinski definition) is 1. The summed E-state index contributed by atoms with van der Waals surface area (Å²) in [6, 6.07) is 5.31. The highest BCUT2D eigenvalue weighted by molar-refractivity contribution is 6.00. The molecule has 0 aliphatic carbocycles. The molecule has 0 radical (unpaired) electrons. The van der Waals surface area contributed by atoms with Crippen molar-refractivity contribution >= 4 is 17.5 Å². The van der Waals surface area contributed by atoms with E-state index in [-0.39, 0.29) is 31.6 Å². The second kappa shape index (κ2) is 7.06. The van der Waals surface area contributed by atoms with Gasteiger partial charge in [-0.25, -0.2) is 0 Å². The van der Waals surface area contributed by atoms with Crippen LogP contribution >= 0.6 is 0 Å². The lowest BCUT2D eigenvalue weighted by Crippen LogP contribution is -2.38. The monoisotopic (exact) mass is 336 g/mol. The predicted octanol–water partition coefficient (Wildman–Crippen LogP) is 0.503. The highest BCUT2D eigenvalue weighted by atomic mass is 16.7. The molecule has 1 atom stereocenters.